The largest absolute Gasteiger partial charge is 0.480 e. The number of likely N-dealkylation sites (N-methyl/N-ethyl adjacent to an activating group) is 1. The average molecular weight is 307 g/mol. The van der Waals surface area contributed by atoms with E-state index in [1.54, 1.807) is 11.9 Å². The summed E-state index contributed by atoms with van der Waals surface area (Å²) in [6.45, 7) is 1.92. The summed E-state index contributed by atoms with van der Waals surface area (Å²) < 4.78 is 0.911. The second-order valence-corrected chi connectivity index (χ2v) is 4.97. The second-order valence-electron chi connectivity index (χ2n) is 3.65. The van der Waals surface area contributed by atoms with Crippen LogP contribution in [-0.2, 0) is 4.79 Å². The lowest BCUT2D eigenvalue weighted by Crippen LogP contribution is -2.28. The molecule has 5 heteroatoms. The fourth-order valence-corrected chi connectivity index (χ4v) is 2.26. The Bertz CT molecular complexity index is 398. The van der Waals surface area contributed by atoms with Crippen molar-refractivity contribution in [2.24, 2.45) is 0 Å². The molecule has 1 unspecified atom stereocenters. The van der Waals surface area contributed by atoms with Crippen LogP contribution in [0.25, 0.3) is 0 Å². The summed E-state index contributed by atoms with van der Waals surface area (Å²) in [7, 11) is 1.76. The van der Waals surface area contributed by atoms with Gasteiger partial charge < -0.3 is 5.11 Å². The minimum atomic E-state index is -0.845. The molecule has 1 aromatic carbocycles. The maximum absolute atomic E-state index is 10.6. The number of carboxylic acids is 1. The molecule has 1 aromatic rings. The lowest BCUT2D eigenvalue weighted by molar-refractivity contribution is -0.138. The van der Waals surface area contributed by atoms with Crippen molar-refractivity contribution in [3.05, 3.63) is 33.3 Å². The quantitative estimate of drug-likeness (QED) is 0.929. The predicted octanol–water partition coefficient (Wildman–Crippen LogP) is 3.18. The molecule has 0 aliphatic rings. The first kappa shape index (κ1) is 13.5. The Morgan fingerprint density at radius 2 is 2.25 bits per heavy atom. The van der Waals surface area contributed by atoms with E-state index in [2.05, 4.69) is 15.9 Å². The van der Waals surface area contributed by atoms with Crippen LogP contribution in [0.3, 0.4) is 0 Å². The lowest BCUT2D eigenvalue weighted by atomic mass is 10.1. The maximum Gasteiger partial charge on any atom is 0.317 e. The molecule has 16 heavy (non-hydrogen) atoms. The molecule has 0 aliphatic carbocycles. The minimum Gasteiger partial charge on any atom is -0.480 e. The molecule has 0 spiro atoms. The van der Waals surface area contributed by atoms with Gasteiger partial charge in [0.2, 0.25) is 0 Å². The van der Waals surface area contributed by atoms with Gasteiger partial charge in [0.05, 0.1) is 6.54 Å². The van der Waals surface area contributed by atoms with Gasteiger partial charge in [0.1, 0.15) is 0 Å². The first-order valence-electron chi connectivity index (χ1n) is 4.78. The van der Waals surface area contributed by atoms with E-state index in [-0.39, 0.29) is 12.6 Å². The zero-order chi connectivity index (χ0) is 12.3. The predicted molar refractivity (Wildman–Crippen MR) is 67.8 cm³/mol. The number of halogens is 2. The van der Waals surface area contributed by atoms with E-state index in [1.165, 1.54) is 0 Å². The van der Waals surface area contributed by atoms with Crippen LogP contribution >= 0.6 is 27.5 Å². The fourth-order valence-electron chi connectivity index (χ4n) is 1.43. The molecule has 0 saturated carbocycles. The third kappa shape index (κ3) is 3.47. The van der Waals surface area contributed by atoms with Crippen molar-refractivity contribution in [1.82, 2.24) is 4.90 Å². The Kier molecular flexibility index (Phi) is 4.77. The molecular formula is C11H13BrClNO2. The van der Waals surface area contributed by atoms with Crippen LogP contribution in [0, 0.1) is 0 Å². The summed E-state index contributed by atoms with van der Waals surface area (Å²) in [5.41, 5.74) is 0.925. The van der Waals surface area contributed by atoms with Gasteiger partial charge in [-0.15, -0.1) is 0 Å². The first-order valence-corrected chi connectivity index (χ1v) is 5.96. The Balaban J connectivity index is 2.87. The van der Waals surface area contributed by atoms with Crippen LogP contribution in [0.5, 0.6) is 0 Å². The Morgan fingerprint density at radius 3 is 2.75 bits per heavy atom. The molecule has 0 aromatic heterocycles. The third-order valence-electron chi connectivity index (χ3n) is 2.46. The molecule has 0 radical (unpaired) electrons. The molecule has 1 atom stereocenters. The monoisotopic (exact) mass is 305 g/mol. The molecule has 1 N–H and O–H groups in total. The van der Waals surface area contributed by atoms with Crippen molar-refractivity contribution < 1.29 is 9.90 Å². The second kappa shape index (κ2) is 5.66. The van der Waals surface area contributed by atoms with Gasteiger partial charge in [-0.05, 0) is 31.7 Å². The standard InChI is InChI=1S/C11H13BrClNO2/c1-7(14(2)6-11(15)16)9-4-3-8(12)5-10(9)13/h3-5,7H,6H2,1-2H3,(H,15,16). The van der Waals surface area contributed by atoms with Crippen molar-refractivity contribution in [2.75, 3.05) is 13.6 Å². The summed E-state index contributed by atoms with van der Waals surface area (Å²) in [4.78, 5) is 12.3. The lowest BCUT2D eigenvalue weighted by Gasteiger charge is -2.24. The van der Waals surface area contributed by atoms with Gasteiger partial charge in [-0.1, -0.05) is 33.6 Å². The topological polar surface area (TPSA) is 40.5 Å². The molecule has 0 fully saturated rings. The molecule has 0 saturated heterocycles. The summed E-state index contributed by atoms with van der Waals surface area (Å²) in [6.07, 6.45) is 0. The number of nitrogens with zero attached hydrogens (tertiary/aromatic N) is 1. The highest BCUT2D eigenvalue weighted by Gasteiger charge is 2.16. The van der Waals surface area contributed by atoms with Crippen LogP contribution in [0.1, 0.15) is 18.5 Å². The van der Waals surface area contributed by atoms with Gasteiger partial charge in [-0.2, -0.15) is 0 Å². The SMILES string of the molecule is CC(c1ccc(Br)cc1Cl)N(C)CC(=O)O. The van der Waals surface area contributed by atoms with Crippen molar-refractivity contribution in [2.45, 2.75) is 13.0 Å². The summed E-state index contributed by atoms with van der Waals surface area (Å²) in [6, 6.07) is 5.57. The highest BCUT2D eigenvalue weighted by Crippen LogP contribution is 2.28. The maximum atomic E-state index is 10.6. The molecule has 0 aliphatic heterocycles. The molecule has 0 amide bonds. The van der Waals surface area contributed by atoms with Gasteiger partial charge in [0.15, 0.2) is 0 Å². The number of carbonyl (C=O) groups is 1. The molecule has 88 valence electrons. The van der Waals surface area contributed by atoms with Crippen LogP contribution in [0.4, 0.5) is 0 Å². The van der Waals surface area contributed by atoms with Gasteiger partial charge in [-0.25, -0.2) is 0 Å². The Hall–Kier alpha value is -0.580. The van der Waals surface area contributed by atoms with Gasteiger partial charge in [0.25, 0.3) is 0 Å². The fraction of sp³-hybridized carbons (Fsp3) is 0.364. The van der Waals surface area contributed by atoms with Gasteiger partial charge in [0, 0.05) is 15.5 Å². The smallest absolute Gasteiger partial charge is 0.317 e. The summed E-state index contributed by atoms with van der Waals surface area (Å²) in [5.74, 6) is -0.845. The minimum absolute atomic E-state index is 0.00639. The van der Waals surface area contributed by atoms with E-state index >= 15 is 0 Å². The van der Waals surface area contributed by atoms with E-state index in [9.17, 15) is 4.79 Å². The van der Waals surface area contributed by atoms with Crippen molar-refractivity contribution in [1.29, 1.82) is 0 Å². The van der Waals surface area contributed by atoms with Gasteiger partial charge in [-0.3, -0.25) is 9.69 Å². The van der Waals surface area contributed by atoms with E-state index in [4.69, 9.17) is 16.7 Å². The summed E-state index contributed by atoms with van der Waals surface area (Å²) in [5, 5.41) is 9.35. The molecule has 1 rings (SSSR count). The number of carboxylic acid groups (broad SMARTS) is 1. The third-order valence-corrected chi connectivity index (χ3v) is 3.28. The number of benzene rings is 1. The van der Waals surface area contributed by atoms with Crippen LogP contribution in [0.15, 0.2) is 22.7 Å². The normalized spacial score (nSPS) is 12.8. The molecule has 0 heterocycles. The Morgan fingerprint density at radius 1 is 1.62 bits per heavy atom. The van der Waals surface area contributed by atoms with Crippen LogP contribution in [-0.4, -0.2) is 29.6 Å². The van der Waals surface area contributed by atoms with E-state index < -0.39 is 5.97 Å². The summed E-state index contributed by atoms with van der Waals surface area (Å²) >= 11 is 9.43. The highest BCUT2D eigenvalue weighted by molar-refractivity contribution is 9.10. The van der Waals surface area contributed by atoms with Crippen molar-refractivity contribution in [3.8, 4) is 0 Å². The number of rotatable bonds is 4. The average Bonchev–Trinajstić information content (AvgIpc) is 2.15. The Labute approximate surface area is 108 Å². The molecular weight excluding hydrogens is 293 g/mol. The number of hydrogen-bond acceptors (Lipinski definition) is 2. The van der Waals surface area contributed by atoms with Crippen molar-refractivity contribution >= 4 is 33.5 Å². The van der Waals surface area contributed by atoms with Crippen molar-refractivity contribution in [3.63, 3.8) is 0 Å². The van der Waals surface area contributed by atoms with E-state index in [1.807, 2.05) is 25.1 Å². The zero-order valence-corrected chi connectivity index (χ0v) is 11.4. The van der Waals surface area contributed by atoms with Crippen LogP contribution < -0.4 is 0 Å². The zero-order valence-electron chi connectivity index (χ0n) is 9.08. The number of aliphatic carboxylic acids is 1. The van der Waals surface area contributed by atoms with Gasteiger partial charge >= 0.3 is 5.97 Å². The van der Waals surface area contributed by atoms with E-state index in [0.717, 1.165) is 10.0 Å². The van der Waals surface area contributed by atoms with Crippen LogP contribution in [0.2, 0.25) is 5.02 Å². The highest BCUT2D eigenvalue weighted by atomic mass is 79.9. The first-order chi connectivity index (χ1) is 7.41. The number of hydrogen-bond donors (Lipinski definition) is 1. The molecule has 0 bridgehead atoms. The van der Waals surface area contributed by atoms with E-state index in [0.29, 0.717) is 5.02 Å². The molecule has 3 nitrogen and oxygen atoms in total.